The van der Waals surface area contributed by atoms with Gasteiger partial charge in [0.15, 0.2) is 5.96 Å². The molecule has 3 N–H and O–H groups in total. The number of halogens is 4. The number of rotatable bonds is 7. The molecule has 0 aliphatic carbocycles. The quantitative estimate of drug-likeness (QED) is 0.236. The second kappa shape index (κ2) is 11.2. The molecule has 2 aromatic heterocycles. The van der Waals surface area contributed by atoms with E-state index in [2.05, 4.69) is 30.9 Å². The smallest absolute Gasteiger partial charge is 0.357 e. The minimum Gasteiger partial charge on any atom is -0.357 e. The van der Waals surface area contributed by atoms with E-state index in [-0.39, 0.29) is 29.9 Å². The number of nitrogens with one attached hydrogen (secondary N) is 3. The first-order valence-electron chi connectivity index (χ1n) is 7.66. The third kappa shape index (κ3) is 7.72. The van der Waals surface area contributed by atoms with E-state index >= 15 is 0 Å². The molecular formula is C15H20F3IN6S. The summed E-state index contributed by atoms with van der Waals surface area (Å²) in [6.45, 7) is 4.03. The van der Waals surface area contributed by atoms with E-state index in [0.717, 1.165) is 17.8 Å². The van der Waals surface area contributed by atoms with E-state index in [1.807, 2.05) is 23.8 Å². The molecule has 0 aliphatic heterocycles. The highest BCUT2D eigenvalue weighted by Gasteiger charge is 2.32. The van der Waals surface area contributed by atoms with Crippen molar-refractivity contribution in [1.82, 2.24) is 20.6 Å². The average molecular weight is 500 g/mol. The van der Waals surface area contributed by atoms with Gasteiger partial charge >= 0.3 is 6.18 Å². The van der Waals surface area contributed by atoms with Crippen LogP contribution in [0.25, 0.3) is 0 Å². The van der Waals surface area contributed by atoms with Crippen LogP contribution < -0.4 is 16.0 Å². The number of alkyl halides is 3. The van der Waals surface area contributed by atoms with Crippen molar-refractivity contribution in [3.05, 3.63) is 40.3 Å². The molecule has 26 heavy (non-hydrogen) atoms. The monoisotopic (exact) mass is 500 g/mol. The molecule has 0 amide bonds. The molecule has 2 aromatic rings. The van der Waals surface area contributed by atoms with Crippen molar-refractivity contribution in [2.75, 3.05) is 25.0 Å². The third-order valence-electron chi connectivity index (χ3n) is 2.99. The maximum absolute atomic E-state index is 12.6. The highest BCUT2D eigenvalue weighted by molar-refractivity contribution is 14.0. The van der Waals surface area contributed by atoms with Gasteiger partial charge in [-0.05, 0) is 35.4 Å². The molecule has 0 aliphatic rings. The summed E-state index contributed by atoms with van der Waals surface area (Å²) >= 11 is 1.61. The summed E-state index contributed by atoms with van der Waals surface area (Å²) in [5, 5.41) is 13.0. The zero-order valence-corrected chi connectivity index (χ0v) is 17.2. The standard InChI is InChI=1S/C15H19F3N6S.HI/c1-2-19-13(23-9-11-4-8-25-10-11)21-6-7-22-14-20-5-3-12(24-14)15(16,17)18;/h3-5,8,10H,2,6-7,9H2,1H3,(H2,19,21,23)(H,20,22,24);1H. The Bertz CT molecular complexity index is 678. The predicted octanol–water partition coefficient (Wildman–Crippen LogP) is 3.34. The van der Waals surface area contributed by atoms with Crippen molar-refractivity contribution >= 4 is 47.2 Å². The number of aliphatic imine (C=N–C) groups is 1. The lowest BCUT2D eigenvalue weighted by Gasteiger charge is -2.12. The van der Waals surface area contributed by atoms with Crippen LogP contribution in [0.3, 0.4) is 0 Å². The van der Waals surface area contributed by atoms with Gasteiger partial charge in [0.25, 0.3) is 0 Å². The summed E-state index contributed by atoms with van der Waals surface area (Å²) in [6.07, 6.45) is -3.40. The fourth-order valence-electron chi connectivity index (χ4n) is 1.85. The zero-order chi connectivity index (χ0) is 18.1. The Kier molecular flexibility index (Phi) is 9.62. The van der Waals surface area contributed by atoms with Gasteiger partial charge in [0.2, 0.25) is 5.95 Å². The van der Waals surface area contributed by atoms with Crippen molar-refractivity contribution < 1.29 is 13.2 Å². The Morgan fingerprint density at radius 2 is 2.04 bits per heavy atom. The van der Waals surface area contributed by atoms with Gasteiger partial charge in [-0.1, -0.05) is 0 Å². The molecule has 0 unspecified atom stereocenters. The molecule has 11 heteroatoms. The summed E-state index contributed by atoms with van der Waals surface area (Å²) in [4.78, 5) is 11.7. The molecule has 0 saturated carbocycles. The molecule has 2 rings (SSSR count). The number of hydrogen-bond donors (Lipinski definition) is 3. The molecule has 0 atom stereocenters. The molecule has 0 bridgehead atoms. The van der Waals surface area contributed by atoms with Gasteiger partial charge in [0.1, 0.15) is 5.69 Å². The molecule has 0 fully saturated rings. The largest absolute Gasteiger partial charge is 0.433 e. The van der Waals surface area contributed by atoms with Gasteiger partial charge in [-0.3, -0.25) is 0 Å². The molecule has 0 saturated heterocycles. The van der Waals surface area contributed by atoms with Crippen LogP contribution in [0.4, 0.5) is 19.1 Å². The van der Waals surface area contributed by atoms with Crippen LogP contribution in [0.2, 0.25) is 0 Å². The van der Waals surface area contributed by atoms with Crippen molar-refractivity contribution in [3.63, 3.8) is 0 Å². The Balaban J connectivity index is 0.00000338. The maximum atomic E-state index is 12.6. The molecule has 2 heterocycles. The van der Waals surface area contributed by atoms with Crippen molar-refractivity contribution in [3.8, 4) is 0 Å². The van der Waals surface area contributed by atoms with Crippen molar-refractivity contribution in [2.45, 2.75) is 19.6 Å². The van der Waals surface area contributed by atoms with Gasteiger partial charge in [0.05, 0.1) is 6.54 Å². The van der Waals surface area contributed by atoms with E-state index < -0.39 is 11.9 Å². The normalized spacial score (nSPS) is 11.6. The molecule has 0 radical (unpaired) electrons. The predicted molar refractivity (Wildman–Crippen MR) is 108 cm³/mol. The number of nitrogens with zero attached hydrogens (tertiary/aromatic N) is 3. The van der Waals surface area contributed by atoms with Gasteiger partial charge < -0.3 is 16.0 Å². The van der Waals surface area contributed by atoms with Crippen molar-refractivity contribution in [1.29, 1.82) is 0 Å². The fraction of sp³-hybridized carbons (Fsp3) is 0.400. The molecule has 6 nitrogen and oxygen atoms in total. The average Bonchev–Trinajstić information content (AvgIpc) is 3.09. The number of guanidine groups is 1. The summed E-state index contributed by atoms with van der Waals surface area (Å²) in [5.74, 6) is 0.581. The Labute approximate surface area is 170 Å². The van der Waals surface area contributed by atoms with Crippen molar-refractivity contribution in [2.24, 2.45) is 4.99 Å². The first kappa shape index (κ1) is 22.4. The number of anilines is 1. The molecule has 0 spiro atoms. The highest BCUT2D eigenvalue weighted by atomic mass is 127. The van der Waals surface area contributed by atoms with Crippen LogP contribution in [0.15, 0.2) is 34.1 Å². The van der Waals surface area contributed by atoms with Crippen LogP contribution in [-0.4, -0.2) is 35.6 Å². The highest BCUT2D eigenvalue weighted by Crippen LogP contribution is 2.27. The van der Waals surface area contributed by atoms with Gasteiger partial charge in [0, 0.05) is 25.8 Å². The lowest BCUT2D eigenvalue weighted by atomic mass is 10.3. The van der Waals surface area contributed by atoms with Crippen LogP contribution >= 0.6 is 35.3 Å². The molecule has 144 valence electrons. The van der Waals surface area contributed by atoms with Crippen LogP contribution in [0, 0.1) is 0 Å². The topological polar surface area (TPSA) is 74.2 Å². The number of aromatic nitrogens is 2. The number of thiophene rings is 1. The first-order valence-corrected chi connectivity index (χ1v) is 8.60. The van der Waals surface area contributed by atoms with E-state index in [1.54, 1.807) is 11.3 Å². The summed E-state index contributed by atoms with van der Waals surface area (Å²) in [7, 11) is 0. The SMILES string of the molecule is CCNC(=NCc1ccsc1)NCCNc1nccc(C(F)(F)F)n1.I. The fourth-order valence-corrected chi connectivity index (χ4v) is 2.51. The van der Waals surface area contributed by atoms with Gasteiger partial charge in [-0.25, -0.2) is 15.0 Å². The lowest BCUT2D eigenvalue weighted by Crippen LogP contribution is -2.39. The van der Waals surface area contributed by atoms with Crippen LogP contribution in [0.1, 0.15) is 18.2 Å². The minimum absolute atomic E-state index is 0. The summed E-state index contributed by atoms with van der Waals surface area (Å²) in [6, 6.07) is 2.84. The van der Waals surface area contributed by atoms with Gasteiger partial charge in [-0.2, -0.15) is 24.5 Å². The molecule has 0 aromatic carbocycles. The Hall–Kier alpha value is -1.63. The van der Waals surface area contributed by atoms with Gasteiger partial charge in [-0.15, -0.1) is 24.0 Å². The Morgan fingerprint density at radius 1 is 1.23 bits per heavy atom. The third-order valence-corrected chi connectivity index (χ3v) is 3.72. The summed E-state index contributed by atoms with van der Waals surface area (Å²) in [5.41, 5.74) is 0.154. The lowest BCUT2D eigenvalue weighted by molar-refractivity contribution is -0.141. The Morgan fingerprint density at radius 3 is 2.69 bits per heavy atom. The second-order valence-corrected chi connectivity index (χ2v) is 5.72. The summed E-state index contributed by atoms with van der Waals surface area (Å²) < 4.78 is 37.8. The second-order valence-electron chi connectivity index (χ2n) is 4.94. The van der Waals surface area contributed by atoms with E-state index in [1.165, 1.54) is 0 Å². The van der Waals surface area contributed by atoms with E-state index in [9.17, 15) is 13.2 Å². The van der Waals surface area contributed by atoms with E-state index in [0.29, 0.717) is 32.1 Å². The van der Waals surface area contributed by atoms with Crippen LogP contribution in [0.5, 0.6) is 0 Å². The van der Waals surface area contributed by atoms with E-state index in [4.69, 9.17) is 0 Å². The first-order chi connectivity index (χ1) is 12.0. The number of hydrogen-bond acceptors (Lipinski definition) is 5. The van der Waals surface area contributed by atoms with Crippen LogP contribution in [-0.2, 0) is 12.7 Å². The molecular weight excluding hydrogens is 480 g/mol. The zero-order valence-electron chi connectivity index (χ0n) is 14.0. The minimum atomic E-state index is -4.48. The maximum Gasteiger partial charge on any atom is 0.433 e.